The Morgan fingerprint density at radius 2 is 1.83 bits per heavy atom. The molecule has 2 heterocycles. The monoisotopic (exact) mass is 332 g/mol. The third-order valence-electron chi connectivity index (χ3n) is 5.29. The number of hydrogen-bond acceptors (Lipinski definition) is 5. The second-order valence-electron chi connectivity index (χ2n) is 7.63. The summed E-state index contributed by atoms with van der Waals surface area (Å²) in [6.45, 7) is 9.19. The van der Waals surface area contributed by atoms with Crippen molar-refractivity contribution in [2.75, 3.05) is 29.9 Å². The highest BCUT2D eigenvalue weighted by molar-refractivity contribution is 5.53. The van der Waals surface area contributed by atoms with Gasteiger partial charge in [0.25, 0.3) is 0 Å². The summed E-state index contributed by atoms with van der Waals surface area (Å²) in [5.74, 6) is 1.80. The number of nitrogens with zero attached hydrogens (tertiary/aromatic N) is 2. The molecule has 0 bridgehead atoms. The number of aryl methyl sites for hydroxylation is 1. The van der Waals surface area contributed by atoms with Gasteiger partial charge in [0.05, 0.1) is 23.6 Å². The predicted molar refractivity (Wildman–Crippen MR) is 99.6 cm³/mol. The number of anilines is 2. The van der Waals surface area contributed by atoms with Gasteiger partial charge >= 0.3 is 0 Å². The van der Waals surface area contributed by atoms with Crippen LogP contribution in [0.1, 0.15) is 45.2 Å². The minimum atomic E-state index is 0.256. The maximum atomic E-state index is 5.99. The molecule has 0 radical (unpaired) electrons. The van der Waals surface area contributed by atoms with Crippen molar-refractivity contribution in [2.45, 2.75) is 64.7 Å². The lowest BCUT2D eigenvalue weighted by atomic mass is 9.86. The van der Waals surface area contributed by atoms with E-state index in [0.717, 1.165) is 55.6 Å². The van der Waals surface area contributed by atoms with E-state index in [1.54, 1.807) is 0 Å². The summed E-state index contributed by atoms with van der Waals surface area (Å²) in [5.41, 5.74) is 8.22. The summed E-state index contributed by atoms with van der Waals surface area (Å²) in [4.78, 5) is 7.16. The Labute approximate surface area is 146 Å². The van der Waals surface area contributed by atoms with Crippen molar-refractivity contribution < 1.29 is 4.74 Å². The van der Waals surface area contributed by atoms with Crippen LogP contribution in [0.25, 0.3) is 0 Å². The molecule has 2 aliphatic rings. The van der Waals surface area contributed by atoms with Crippen LogP contribution in [0.3, 0.4) is 0 Å². The van der Waals surface area contributed by atoms with E-state index in [-0.39, 0.29) is 12.2 Å². The normalized spacial score (nSPS) is 31.1. The lowest BCUT2D eigenvalue weighted by Crippen LogP contribution is -2.45. The summed E-state index contributed by atoms with van der Waals surface area (Å²) >= 11 is 0. The largest absolute Gasteiger partial charge is 0.383 e. The third-order valence-corrected chi connectivity index (χ3v) is 5.29. The summed E-state index contributed by atoms with van der Waals surface area (Å²) in [6, 6.07) is 4.73. The van der Waals surface area contributed by atoms with Gasteiger partial charge in [0.15, 0.2) is 0 Å². The maximum absolute atomic E-state index is 5.99. The van der Waals surface area contributed by atoms with Gasteiger partial charge in [-0.15, -0.1) is 0 Å². The molecule has 3 rings (SSSR count). The first-order valence-electron chi connectivity index (χ1n) is 9.38. The van der Waals surface area contributed by atoms with Crippen LogP contribution in [0.5, 0.6) is 0 Å². The molecule has 1 aromatic rings. The van der Waals surface area contributed by atoms with Crippen molar-refractivity contribution in [1.29, 1.82) is 0 Å². The molecule has 0 aromatic carbocycles. The molecule has 1 aromatic heterocycles. The van der Waals surface area contributed by atoms with Crippen LogP contribution in [-0.2, 0) is 4.74 Å². The van der Waals surface area contributed by atoms with Crippen molar-refractivity contribution in [3.05, 3.63) is 17.8 Å². The van der Waals surface area contributed by atoms with Crippen molar-refractivity contribution in [1.82, 2.24) is 4.98 Å². The zero-order valence-electron chi connectivity index (χ0n) is 15.3. The number of hydrogen-bond donors (Lipinski definition) is 2. The van der Waals surface area contributed by atoms with E-state index in [1.807, 2.05) is 0 Å². The lowest BCUT2D eigenvalue weighted by molar-refractivity contribution is -0.00546. The molecule has 2 atom stereocenters. The molecule has 0 amide bonds. The Hall–Kier alpha value is -1.33. The van der Waals surface area contributed by atoms with E-state index in [4.69, 9.17) is 15.5 Å². The Bertz CT molecular complexity index is 532. The van der Waals surface area contributed by atoms with Gasteiger partial charge in [-0.1, -0.05) is 0 Å². The molecule has 5 heteroatoms. The summed E-state index contributed by atoms with van der Waals surface area (Å²) in [5, 5.41) is 3.60. The molecule has 1 aliphatic heterocycles. The molecule has 3 N–H and O–H groups in total. The van der Waals surface area contributed by atoms with Crippen LogP contribution in [0.2, 0.25) is 0 Å². The molecule has 1 saturated carbocycles. The van der Waals surface area contributed by atoms with Crippen LogP contribution < -0.4 is 16.0 Å². The molecule has 1 saturated heterocycles. The fraction of sp³-hybridized carbons (Fsp3) is 0.737. The smallest absolute Gasteiger partial charge is 0.129 e. The zero-order chi connectivity index (χ0) is 17.1. The lowest BCUT2D eigenvalue weighted by Gasteiger charge is -2.36. The first-order chi connectivity index (χ1) is 11.5. The minimum Gasteiger partial charge on any atom is -0.383 e. The first kappa shape index (κ1) is 17.5. The van der Waals surface area contributed by atoms with Crippen LogP contribution in [0, 0.1) is 12.8 Å². The molecule has 24 heavy (non-hydrogen) atoms. The average molecular weight is 332 g/mol. The first-order valence-corrected chi connectivity index (χ1v) is 9.38. The highest BCUT2D eigenvalue weighted by atomic mass is 16.5. The van der Waals surface area contributed by atoms with Gasteiger partial charge in [-0.2, -0.15) is 0 Å². The van der Waals surface area contributed by atoms with Gasteiger partial charge < -0.3 is 20.7 Å². The van der Waals surface area contributed by atoms with Gasteiger partial charge in [-0.25, -0.2) is 4.98 Å². The average Bonchev–Trinajstić information content (AvgIpc) is 2.54. The molecule has 5 nitrogen and oxygen atoms in total. The van der Waals surface area contributed by atoms with E-state index in [9.17, 15) is 0 Å². The second-order valence-corrected chi connectivity index (χ2v) is 7.63. The predicted octanol–water partition coefficient (Wildman–Crippen LogP) is 2.93. The number of pyridine rings is 1. The van der Waals surface area contributed by atoms with E-state index in [2.05, 4.69) is 43.1 Å². The van der Waals surface area contributed by atoms with Gasteiger partial charge in [-0.05, 0) is 64.5 Å². The van der Waals surface area contributed by atoms with Gasteiger partial charge in [-0.3, -0.25) is 0 Å². The molecular formula is C19H32N4O. The molecular weight excluding hydrogens is 300 g/mol. The molecule has 2 unspecified atom stereocenters. The second kappa shape index (κ2) is 7.70. The zero-order valence-corrected chi connectivity index (χ0v) is 15.3. The van der Waals surface area contributed by atoms with Crippen LogP contribution in [0.4, 0.5) is 11.5 Å². The number of ether oxygens (including phenoxy) is 1. The van der Waals surface area contributed by atoms with E-state index < -0.39 is 0 Å². The van der Waals surface area contributed by atoms with Crippen LogP contribution in [0.15, 0.2) is 12.1 Å². The minimum absolute atomic E-state index is 0.256. The number of morpholine rings is 1. The molecule has 0 spiro atoms. The van der Waals surface area contributed by atoms with Gasteiger partial charge in [0.1, 0.15) is 5.82 Å². The number of rotatable bonds is 4. The highest BCUT2D eigenvalue weighted by Gasteiger charge is 2.23. The number of nitrogens with two attached hydrogens (primary N) is 1. The Kier molecular flexibility index (Phi) is 5.61. The summed E-state index contributed by atoms with van der Waals surface area (Å²) in [6.07, 6.45) is 5.31. The SMILES string of the molecule is Cc1nc(N2CC(C)OC(C)C2)ccc1NCC1CCC(N)CC1. The Morgan fingerprint density at radius 3 is 2.46 bits per heavy atom. The van der Waals surface area contributed by atoms with Gasteiger partial charge in [0.2, 0.25) is 0 Å². The fourth-order valence-corrected chi connectivity index (χ4v) is 3.92. The van der Waals surface area contributed by atoms with E-state index >= 15 is 0 Å². The van der Waals surface area contributed by atoms with Crippen LogP contribution >= 0.6 is 0 Å². The Morgan fingerprint density at radius 1 is 1.17 bits per heavy atom. The van der Waals surface area contributed by atoms with Crippen molar-refractivity contribution in [3.8, 4) is 0 Å². The van der Waals surface area contributed by atoms with E-state index in [1.165, 1.54) is 12.8 Å². The topological polar surface area (TPSA) is 63.4 Å². The summed E-state index contributed by atoms with van der Waals surface area (Å²) in [7, 11) is 0. The van der Waals surface area contributed by atoms with Crippen LogP contribution in [-0.4, -0.2) is 42.9 Å². The number of nitrogens with one attached hydrogen (secondary N) is 1. The van der Waals surface area contributed by atoms with Crippen molar-refractivity contribution in [2.24, 2.45) is 11.7 Å². The maximum Gasteiger partial charge on any atom is 0.129 e. The molecule has 2 fully saturated rings. The highest BCUT2D eigenvalue weighted by Crippen LogP contribution is 2.25. The van der Waals surface area contributed by atoms with Crippen molar-refractivity contribution >= 4 is 11.5 Å². The Balaban J connectivity index is 1.58. The molecule has 134 valence electrons. The van der Waals surface area contributed by atoms with E-state index in [0.29, 0.717) is 6.04 Å². The quantitative estimate of drug-likeness (QED) is 0.887. The third kappa shape index (κ3) is 4.39. The number of aromatic nitrogens is 1. The summed E-state index contributed by atoms with van der Waals surface area (Å²) < 4.78 is 5.81. The van der Waals surface area contributed by atoms with Gasteiger partial charge in [0, 0.05) is 25.7 Å². The standard InChI is InChI=1S/C19H32N4O/c1-13-11-23(12-14(2)24-13)19-9-8-18(15(3)22-19)21-10-16-4-6-17(20)7-5-16/h8-9,13-14,16-17,21H,4-7,10-12,20H2,1-3H3. The fourth-order valence-electron chi connectivity index (χ4n) is 3.92. The molecule has 1 aliphatic carbocycles. The van der Waals surface area contributed by atoms with Crippen molar-refractivity contribution in [3.63, 3.8) is 0 Å².